The van der Waals surface area contributed by atoms with Crippen molar-refractivity contribution in [3.8, 4) is 11.5 Å². The summed E-state index contributed by atoms with van der Waals surface area (Å²) < 4.78 is 16.3. The number of carbonyl (C=O) groups excluding carboxylic acids is 1. The zero-order valence-corrected chi connectivity index (χ0v) is 17.5. The molecule has 1 aromatic rings. The van der Waals surface area contributed by atoms with Crippen molar-refractivity contribution < 1.29 is 23.9 Å². The van der Waals surface area contributed by atoms with Crippen molar-refractivity contribution in [2.24, 2.45) is 4.99 Å². The van der Waals surface area contributed by atoms with Gasteiger partial charge in [0, 0.05) is 5.56 Å². The van der Waals surface area contributed by atoms with E-state index in [1.165, 1.54) is 0 Å². The first-order valence-corrected chi connectivity index (χ1v) is 10.3. The van der Waals surface area contributed by atoms with Crippen molar-refractivity contribution in [1.29, 1.82) is 0 Å². The van der Waals surface area contributed by atoms with Crippen LogP contribution in [0.25, 0.3) is 0 Å². The Morgan fingerprint density at radius 3 is 2.71 bits per heavy atom. The zero-order chi connectivity index (χ0) is 20.4. The third-order valence-electron chi connectivity index (χ3n) is 4.79. The molecule has 1 aliphatic heterocycles. The lowest BCUT2D eigenvalue weighted by molar-refractivity contribution is -0.896. The first-order valence-electron chi connectivity index (χ1n) is 10.3. The summed E-state index contributed by atoms with van der Waals surface area (Å²) in [5.41, 5.74) is 0.481. The first kappa shape index (κ1) is 22.0. The van der Waals surface area contributed by atoms with Crippen molar-refractivity contribution in [3.05, 3.63) is 23.8 Å². The highest BCUT2D eigenvalue weighted by molar-refractivity contribution is 6.04. The van der Waals surface area contributed by atoms with Crippen LogP contribution < -0.4 is 19.7 Å². The van der Waals surface area contributed by atoms with E-state index in [0.29, 0.717) is 23.7 Å². The smallest absolute Gasteiger partial charge is 0.291 e. The average Bonchev–Trinajstić information content (AvgIpc) is 3.17. The summed E-state index contributed by atoms with van der Waals surface area (Å²) in [7, 11) is 0. The molecule has 0 saturated heterocycles. The molecule has 0 saturated carbocycles. The third kappa shape index (κ3) is 6.71. The Labute approximate surface area is 168 Å². The van der Waals surface area contributed by atoms with Crippen LogP contribution in [0.5, 0.6) is 11.5 Å². The van der Waals surface area contributed by atoms with E-state index in [1.54, 1.807) is 23.1 Å². The van der Waals surface area contributed by atoms with E-state index >= 15 is 0 Å². The number of quaternary nitrogens is 1. The normalized spacial score (nSPS) is 14.2. The minimum atomic E-state index is -0.270. The van der Waals surface area contributed by atoms with Gasteiger partial charge in [-0.25, -0.2) is 4.99 Å². The van der Waals surface area contributed by atoms with Gasteiger partial charge in [-0.05, 0) is 58.2 Å². The molecule has 0 fully saturated rings. The van der Waals surface area contributed by atoms with Crippen LogP contribution in [0.1, 0.15) is 57.3 Å². The second-order valence-electron chi connectivity index (χ2n) is 7.00. The largest absolute Gasteiger partial charge is 0.465 e. The molecule has 0 spiro atoms. The van der Waals surface area contributed by atoms with E-state index in [-0.39, 0.29) is 24.8 Å². The lowest BCUT2D eigenvalue weighted by Gasteiger charge is -2.16. The summed E-state index contributed by atoms with van der Waals surface area (Å²) in [6, 6.07) is 5.48. The number of hydrogen-bond acceptors (Lipinski definition) is 5. The van der Waals surface area contributed by atoms with E-state index < -0.39 is 0 Å². The van der Waals surface area contributed by atoms with Gasteiger partial charge in [-0.3, -0.25) is 10.1 Å². The molecule has 7 heteroatoms. The minimum Gasteiger partial charge on any atom is -0.465 e. The fraction of sp³-hybridized carbons (Fsp3) is 0.619. The zero-order valence-electron chi connectivity index (χ0n) is 17.5. The van der Waals surface area contributed by atoms with Gasteiger partial charge in [0.2, 0.25) is 6.79 Å². The highest BCUT2D eigenvalue weighted by Gasteiger charge is 2.18. The molecule has 1 amide bonds. The summed E-state index contributed by atoms with van der Waals surface area (Å²) in [5.74, 6) is 0.956. The van der Waals surface area contributed by atoms with Crippen LogP contribution in [-0.4, -0.2) is 51.0 Å². The number of rotatable bonds is 10. The first-order chi connectivity index (χ1) is 13.6. The maximum Gasteiger partial charge on any atom is 0.291 e. The Balaban J connectivity index is 1.95. The number of ether oxygens (including phenoxy) is 3. The Morgan fingerprint density at radius 2 is 2.00 bits per heavy atom. The molecule has 2 rings (SSSR count). The lowest BCUT2D eigenvalue weighted by atomic mass is 10.2. The molecule has 28 heavy (non-hydrogen) atoms. The van der Waals surface area contributed by atoms with Crippen molar-refractivity contribution in [3.63, 3.8) is 0 Å². The molecule has 0 unspecified atom stereocenters. The van der Waals surface area contributed by atoms with Crippen LogP contribution in [0.3, 0.4) is 0 Å². The number of fused-ring (bicyclic) bond motifs is 1. The summed E-state index contributed by atoms with van der Waals surface area (Å²) >= 11 is 0. The van der Waals surface area contributed by atoms with Gasteiger partial charge in [0.25, 0.3) is 11.9 Å². The van der Waals surface area contributed by atoms with Crippen LogP contribution in [-0.2, 0) is 4.74 Å². The number of nitrogens with zero attached hydrogens (tertiary/aromatic N) is 1. The van der Waals surface area contributed by atoms with Gasteiger partial charge in [-0.1, -0.05) is 6.92 Å². The number of hydrogen-bond donors (Lipinski definition) is 2. The highest BCUT2D eigenvalue weighted by atomic mass is 16.7. The van der Waals surface area contributed by atoms with Gasteiger partial charge in [0.15, 0.2) is 11.5 Å². The number of aliphatic imine (C=N–C) groups is 1. The third-order valence-corrected chi connectivity index (χ3v) is 4.79. The predicted molar refractivity (Wildman–Crippen MR) is 109 cm³/mol. The standard InChI is InChI=1S/C21H33N3O4/c1-5-13-26-21(22-16(4)9-8-12-24(6-2)7-3)23-20(25)17-10-11-18-19(14-17)28-15-27-18/h10-11,14,16H,5-9,12-13,15H2,1-4H3,(H,22,23,25)/p+1/t16-/m0/s1. The van der Waals surface area contributed by atoms with Gasteiger partial charge in [-0.2, -0.15) is 0 Å². The van der Waals surface area contributed by atoms with Gasteiger partial charge in [-0.15, -0.1) is 0 Å². The fourth-order valence-electron chi connectivity index (χ4n) is 3.03. The maximum absolute atomic E-state index is 12.6. The number of amides is 1. The average molecular weight is 393 g/mol. The number of nitrogens with one attached hydrogen (secondary N) is 2. The molecule has 0 aromatic heterocycles. The molecular formula is C21H34N3O4+. The second-order valence-corrected chi connectivity index (χ2v) is 7.00. The highest BCUT2D eigenvalue weighted by Crippen LogP contribution is 2.32. The van der Waals surface area contributed by atoms with E-state index in [4.69, 9.17) is 14.2 Å². The minimum absolute atomic E-state index is 0.0823. The molecular weight excluding hydrogens is 358 g/mol. The molecule has 1 aromatic carbocycles. The predicted octanol–water partition coefficient (Wildman–Crippen LogP) is 2.02. The lowest BCUT2D eigenvalue weighted by Crippen LogP contribution is -3.11. The Hall–Kier alpha value is -2.28. The Kier molecular flexibility index (Phi) is 9.07. The van der Waals surface area contributed by atoms with Crippen LogP contribution >= 0.6 is 0 Å². The van der Waals surface area contributed by atoms with Crippen LogP contribution in [0.4, 0.5) is 0 Å². The molecule has 1 atom stereocenters. The number of carbonyl (C=O) groups is 1. The summed E-state index contributed by atoms with van der Waals surface area (Å²) in [5, 5.41) is 2.80. The molecule has 0 bridgehead atoms. The molecule has 156 valence electrons. The Bertz CT molecular complexity index is 659. The number of benzene rings is 1. The fourth-order valence-corrected chi connectivity index (χ4v) is 3.03. The van der Waals surface area contributed by atoms with Gasteiger partial charge in [0.05, 0.1) is 32.3 Å². The van der Waals surface area contributed by atoms with Crippen molar-refractivity contribution >= 4 is 11.9 Å². The molecule has 2 N–H and O–H groups in total. The summed E-state index contributed by atoms with van der Waals surface area (Å²) in [6.45, 7) is 12.6. The topological polar surface area (TPSA) is 73.6 Å². The molecule has 7 nitrogen and oxygen atoms in total. The monoisotopic (exact) mass is 392 g/mol. The molecule has 0 radical (unpaired) electrons. The Morgan fingerprint density at radius 1 is 1.25 bits per heavy atom. The van der Waals surface area contributed by atoms with Gasteiger partial charge in [0.1, 0.15) is 0 Å². The maximum atomic E-state index is 12.6. The van der Waals surface area contributed by atoms with Gasteiger partial charge < -0.3 is 19.1 Å². The van der Waals surface area contributed by atoms with Crippen LogP contribution in [0.2, 0.25) is 0 Å². The van der Waals surface area contributed by atoms with E-state index in [2.05, 4.69) is 31.1 Å². The van der Waals surface area contributed by atoms with Crippen molar-refractivity contribution in [2.75, 3.05) is 33.0 Å². The molecule has 1 aliphatic rings. The van der Waals surface area contributed by atoms with E-state index in [1.807, 2.05) is 6.92 Å². The summed E-state index contributed by atoms with van der Waals surface area (Å²) in [4.78, 5) is 18.8. The van der Waals surface area contributed by atoms with Crippen LogP contribution in [0, 0.1) is 0 Å². The summed E-state index contributed by atoms with van der Waals surface area (Å²) in [6.07, 6.45) is 2.90. The number of amidine groups is 1. The van der Waals surface area contributed by atoms with E-state index in [0.717, 1.165) is 38.9 Å². The van der Waals surface area contributed by atoms with Crippen molar-refractivity contribution in [1.82, 2.24) is 5.32 Å². The molecule has 1 heterocycles. The van der Waals surface area contributed by atoms with Crippen molar-refractivity contribution in [2.45, 2.75) is 53.0 Å². The second kappa shape index (κ2) is 11.5. The van der Waals surface area contributed by atoms with Gasteiger partial charge >= 0.3 is 0 Å². The quantitative estimate of drug-likeness (QED) is 0.472. The van der Waals surface area contributed by atoms with E-state index in [9.17, 15) is 4.79 Å². The SMILES string of the molecule is CCCOC(=N[C@@H](C)CCC[NH+](CC)CC)NC(=O)c1ccc2c(c1)OCO2. The molecule has 0 aliphatic carbocycles. The van der Waals surface area contributed by atoms with Crippen LogP contribution in [0.15, 0.2) is 23.2 Å².